The zero-order valence-corrected chi connectivity index (χ0v) is 22.7. The van der Waals surface area contributed by atoms with E-state index in [0.717, 1.165) is 11.1 Å². The summed E-state index contributed by atoms with van der Waals surface area (Å²) in [6, 6.07) is 32.8. The fourth-order valence-electron chi connectivity index (χ4n) is 3.56. The second kappa shape index (κ2) is 12.0. The maximum atomic E-state index is 11.7. The minimum Gasteiger partial charge on any atom is -0.872 e. The van der Waals surface area contributed by atoms with Crippen LogP contribution in [0.4, 0.5) is 0 Å². The number of nitrogens with zero attached hydrogens (tertiary/aromatic N) is 2. The molecule has 0 bridgehead atoms. The summed E-state index contributed by atoms with van der Waals surface area (Å²) in [6.45, 7) is 0. The van der Waals surface area contributed by atoms with Crippen molar-refractivity contribution < 1.29 is 38.5 Å². The summed E-state index contributed by atoms with van der Waals surface area (Å²) < 4.78 is 11.3. The third-order valence-corrected chi connectivity index (χ3v) is 5.36. The van der Waals surface area contributed by atoms with Crippen LogP contribution in [0.1, 0.15) is 0 Å². The van der Waals surface area contributed by atoms with Crippen LogP contribution < -0.4 is 10.2 Å². The average Bonchev–Trinajstić information content (AvgIpc) is 3.62. The first kappa shape index (κ1) is 25.6. The first-order valence-corrected chi connectivity index (χ1v) is 11.2. The van der Waals surface area contributed by atoms with E-state index in [4.69, 9.17) is 8.83 Å². The van der Waals surface area contributed by atoms with Gasteiger partial charge in [0.15, 0.2) is 11.5 Å². The van der Waals surface area contributed by atoms with Gasteiger partial charge in [0.2, 0.25) is 11.8 Å². The Kier molecular flexibility index (Phi) is 8.29. The number of para-hydroxylation sites is 2. The normalized spacial score (nSPS) is 10.2. The smallest absolute Gasteiger partial charge is 0.872 e. The summed E-state index contributed by atoms with van der Waals surface area (Å²) >= 11 is 0. The Morgan fingerprint density at radius 3 is 1.19 bits per heavy atom. The first-order valence-electron chi connectivity index (χ1n) is 11.2. The number of hydrogen-bond acceptors (Lipinski definition) is 6. The molecule has 0 spiro atoms. The third kappa shape index (κ3) is 6.03. The minimum absolute atomic E-state index is 0. The van der Waals surface area contributed by atoms with E-state index in [1.807, 2.05) is 60.7 Å². The van der Waals surface area contributed by atoms with Crippen molar-refractivity contribution in [1.29, 1.82) is 0 Å². The predicted octanol–water partition coefficient (Wildman–Crippen LogP) is 6.16. The second-order valence-corrected chi connectivity index (χ2v) is 7.78. The molecule has 0 fully saturated rings. The summed E-state index contributed by atoms with van der Waals surface area (Å²) in [5.41, 5.74) is 2.86. The van der Waals surface area contributed by atoms with Crippen molar-refractivity contribution in [1.82, 2.24) is 9.97 Å². The van der Waals surface area contributed by atoms with E-state index < -0.39 is 0 Å². The standard InChI is InChI=1S/2C15H11NO2.Zn/c2*17-13-9-5-4-8-12(13)15-16-10-14(18-15)11-6-2-1-3-7-11;/h2*1-10,17H;/q;;+2/p-2. The molecule has 0 saturated carbocycles. The number of hydrogen-bond donors (Lipinski definition) is 0. The van der Waals surface area contributed by atoms with Crippen molar-refractivity contribution in [3.8, 4) is 57.1 Å². The van der Waals surface area contributed by atoms with E-state index in [-0.39, 0.29) is 31.0 Å². The number of benzene rings is 4. The Hall–Kier alpha value is -4.48. The quantitative estimate of drug-likeness (QED) is 0.250. The topological polar surface area (TPSA) is 98.2 Å². The zero-order chi connectivity index (χ0) is 24.7. The molecule has 0 amide bonds. The largest absolute Gasteiger partial charge is 2.00 e. The van der Waals surface area contributed by atoms with E-state index in [1.54, 1.807) is 48.8 Å². The van der Waals surface area contributed by atoms with Gasteiger partial charge in [-0.2, -0.15) is 0 Å². The van der Waals surface area contributed by atoms with Crippen LogP contribution in [0.15, 0.2) is 130 Å². The molecule has 6 aromatic rings. The van der Waals surface area contributed by atoms with Gasteiger partial charge in [-0.05, 0) is 0 Å². The molecule has 7 heteroatoms. The van der Waals surface area contributed by atoms with Gasteiger partial charge in [-0.15, -0.1) is 0 Å². The summed E-state index contributed by atoms with van der Waals surface area (Å²) in [5, 5.41) is 23.3. The second-order valence-electron chi connectivity index (χ2n) is 7.78. The predicted molar refractivity (Wildman–Crippen MR) is 134 cm³/mol. The fraction of sp³-hybridized carbons (Fsp3) is 0. The van der Waals surface area contributed by atoms with Gasteiger partial charge in [0.1, 0.15) is 0 Å². The van der Waals surface area contributed by atoms with Crippen molar-refractivity contribution in [2.45, 2.75) is 0 Å². The molecule has 2 aromatic heterocycles. The summed E-state index contributed by atoms with van der Waals surface area (Å²) in [4.78, 5) is 8.31. The summed E-state index contributed by atoms with van der Waals surface area (Å²) in [7, 11) is 0. The molecule has 0 atom stereocenters. The molecule has 0 aliphatic heterocycles. The molecule has 0 unspecified atom stereocenters. The molecule has 4 aromatic carbocycles. The fourth-order valence-corrected chi connectivity index (χ4v) is 3.56. The van der Waals surface area contributed by atoms with Gasteiger partial charge < -0.3 is 19.0 Å². The molecule has 2 heterocycles. The monoisotopic (exact) mass is 536 g/mol. The Bertz CT molecular complexity index is 1440. The molecular formula is C30H20N2O4Zn. The Morgan fingerprint density at radius 2 is 0.811 bits per heavy atom. The Balaban J connectivity index is 0.000000168. The maximum absolute atomic E-state index is 11.7. The summed E-state index contributed by atoms with van der Waals surface area (Å²) in [5.74, 6) is 1.87. The van der Waals surface area contributed by atoms with Gasteiger partial charge >= 0.3 is 19.5 Å². The van der Waals surface area contributed by atoms with Crippen LogP contribution >= 0.6 is 0 Å². The molecule has 6 nitrogen and oxygen atoms in total. The van der Waals surface area contributed by atoms with Gasteiger partial charge in [0, 0.05) is 22.3 Å². The first-order chi connectivity index (χ1) is 17.7. The molecule has 37 heavy (non-hydrogen) atoms. The van der Waals surface area contributed by atoms with Gasteiger partial charge in [-0.3, -0.25) is 0 Å². The van der Waals surface area contributed by atoms with Crippen LogP contribution in [-0.2, 0) is 19.5 Å². The van der Waals surface area contributed by atoms with Crippen LogP contribution in [0.25, 0.3) is 45.6 Å². The molecule has 176 valence electrons. The van der Waals surface area contributed by atoms with Crippen LogP contribution in [0, 0.1) is 0 Å². The molecule has 6 rings (SSSR count). The number of rotatable bonds is 4. The molecular weight excluding hydrogens is 518 g/mol. The number of aromatic nitrogens is 2. The van der Waals surface area contributed by atoms with Crippen molar-refractivity contribution in [3.63, 3.8) is 0 Å². The van der Waals surface area contributed by atoms with Gasteiger partial charge in [-0.1, -0.05) is 121 Å². The number of oxazole rings is 2. The van der Waals surface area contributed by atoms with Crippen molar-refractivity contribution >= 4 is 0 Å². The molecule has 0 radical (unpaired) electrons. The van der Waals surface area contributed by atoms with E-state index in [2.05, 4.69) is 9.97 Å². The van der Waals surface area contributed by atoms with Gasteiger partial charge in [-0.25, -0.2) is 9.97 Å². The third-order valence-electron chi connectivity index (χ3n) is 5.36. The molecule has 0 aliphatic carbocycles. The van der Waals surface area contributed by atoms with Crippen LogP contribution in [0.2, 0.25) is 0 Å². The Morgan fingerprint density at radius 1 is 0.459 bits per heavy atom. The molecule has 0 N–H and O–H groups in total. The molecule has 0 aliphatic rings. The van der Waals surface area contributed by atoms with Gasteiger partial charge in [0.25, 0.3) is 0 Å². The Labute approximate surface area is 226 Å². The van der Waals surface area contributed by atoms with Crippen molar-refractivity contribution in [2.24, 2.45) is 0 Å². The van der Waals surface area contributed by atoms with Crippen molar-refractivity contribution in [3.05, 3.63) is 122 Å². The van der Waals surface area contributed by atoms with E-state index in [9.17, 15) is 10.2 Å². The van der Waals surface area contributed by atoms with Gasteiger partial charge in [0.05, 0.1) is 12.4 Å². The maximum Gasteiger partial charge on any atom is 2.00 e. The van der Waals surface area contributed by atoms with Crippen molar-refractivity contribution in [2.75, 3.05) is 0 Å². The van der Waals surface area contributed by atoms with E-state index >= 15 is 0 Å². The van der Waals surface area contributed by atoms with Crippen LogP contribution in [-0.4, -0.2) is 9.97 Å². The average molecular weight is 538 g/mol. The zero-order valence-electron chi connectivity index (χ0n) is 19.8. The van der Waals surface area contributed by atoms with E-state index in [0.29, 0.717) is 34.4 Å². The van der Waals surface area contributed by atoms with E-state index in [1.165, 1.54) is 12.1 Å². The molecule has 0 saturated heterocycles. The minimum atomic E-state index is -0.0843. The summed E-state index contributed by atoms with van der Waals surface area (Å²) in [6.07, 6.45) is 3.27. The van der Waals surface area contributed by atoms with Crippen LogP contribution in [0.5, 0.6) is 11.5 Å². The SMILES string of the molecule is [O-]c1ccccc1-c1ncc(-c2ccccc2)o1.[O-]c1ccccc1-c1ncc(-c2ccccc2)o1.[Zn+2]. The van der Waals surface area contributed by atoms with Crippen LogP contribution in [0.3, 0.4) is 0 Å².